The Bertz CT molecular complexity index is 486. The SMILES string of the molecule is O=C1CCC(C(=O)Nc2cc(C(=O)O)[nH]n2)CN1. The maximum absolute atomic E-state index is 11.8. The van der Waals surface area contributed by atoms with Crippen LogP contribution in [-0.2, 0) is 9.59 Å². The maximum Gasteiger partial charge on any atom is 0.353 e. The van der Waals surface area contributed by atoms with Gasteiger partial charge in [-0.05, 0) is 6.42 Å². The number of amides is 2. The molecule has 0 spiro atoms. The van der Waals surface area contributed by atoms with E-state index in [1.807, 2.05) is 0 Å². The van der Waals surface area contributed by atoms with Crippen LogP contribution >= 0.6 is 0 Å². The minimum Gasteiger partial charge on any atom is -0.477 e. The van der Waals surface area contributed by atoms with E-state index in [4.69, 9.17) is 5.11 Å². The van der Waals surface area contributed by atoms with Gasteiger partial charge >= 0.3 is 5.97 Å². The zero-order valence-electron chi connectivity index (χ0n) is 9.40. The number of anilines is 1. The van der Waals surface area contributed by atoms with E-state index in [1.54, 1.807) is 0 Å². The van der Waals surface area contributed by atoms with E-state index in [9.17, 15) is 14.4 Å². The monoisotopic (exact) mass is 252 g/mol. The molecule has 0 aromatic carbocycles. The second-order valence-electron chi connectivity index (χ2n) is 4.00. The van der Waals surface area contributed by atoms with Crippen LogP contribution < -0.4 is 10.6 Å². The zero-order valence-corrected chi connectivity index (χ0v) is 9.40. The van der Waals surface area contributed by atoms with Gasteiger partial charge in [-0.15, -0.1) is 0 Å². The van der Waals surface area contributed by atoms with Crippen LogP contribution in [0.15, 0.2) is 6.07 Å². The highest BCUT2D eigenvalue weighted by molar-refractivity contribution is 5.94. The summed E-state index contributed by atoms with van der Waals surface area (Å²) >= 11 is 0. The Morgan fingerprint density at radius 2 is 2.28 bits per heavy atom. The average Bonchev–Trinajstić information content (AvgIpc) is 2.78. The van der Waals surface area contributed by atoms with Crippen molar-refractivity contribution in [3.05, 3.63) is 11.8 Å². The molecule has 0 aliphatic carbocycles. The molecule has 18 heavy (non-hydrogen) atoms. The number of nitrogens with zero attached hydrogens (tertiary/aromatic N) is 1. The molecule has 4 N–H and O–H groups in total. The molecule has 1 aromatic heterocycles. The quantitative estimate of drug-likeness (QED) is 0.581. The van der Waals surface area contributed by atoms with Gasteiger partial charge in [-0.3, -0.25) is 14.7 Å². The van der Waals surface area contributed by atoms with Gasteiger partial charge in [0.05, 0.1) is 5.92 Å². The molecule has 0 saturated carbocycles. The summed E-state index contributed by atoms with van der Waals surface area (Å²) in [4.78, 5) is 33.3. The van der Waals surface area contributed by atoms with Crippen LogP contribution in [0.4, 0.5) is 5.82 Å². The van der Waals surface area contributed by atoms with Crippen molar-refractivity contribution in [3.63, 3.8) is 0 Å². The molecule has 8 nitrogen and oxygen atoms in total. The van der Waals surface area contributed by atoms with Gasteiger partial charge in [0.2, 0.25) is 11.8 Å². The molecule has 1 atom stereocenters. The topological polar surface area (TPSA) is 124 Å². The number of nitrogens with one attached hydrogen (secondary N) is 3. The third kappa shape index (κ3) is 2.65. The summed E-state index contributed by atoms with van der Waals surface area (Å²) < 4.78 is 0. The second-order valence-corrected chi connectivity index (χ2v) is 4.00. The number of hydrogen-bond acceptors (Lipinski definition) is 4. The van der Waals surface area contributed by atoms with Crippen LogP contribution in [0.25, 0.3) is 0 Å². The Kier molecular flexibility index (Phi) is 3.26. The van der Waals surface area contributed by atoms with E-state index < -0.39 is 5.97 Å². The van der Waals surface area contributed by atoms with Crippen LogP contribution in [0.1, 0.15) is 23.3 Å². The minimum atomic E-state index is -1.15. The van der Waals surface area contributed by atoms with E-state index in [1.165, 1.54) is 6.07 Å². The van der Waals surface area contributed by atoms with Crippen LogP contribution in [0.2, 0.25) is 0 Å². The Labute approximate surface area is 102 Å². The summed E-state index contributed by atoms with van der Waals surface area (Å²) in [6.45, 7) is 0.293. The molecule has 0 radical (unpaired) electrons. The fraction of sp³-hybridized carbons (Fsp3) is 0.400. The van der Waals surface area contributed by atoms with Crippen molar-refractivity contribution >= 4 is 23.6 Å². The van der Waals surface area contributed by atoms with Crippen molar-refractivity contribution < 1.29 is 19.5 Å². The highest BCUT2D eigenvalue weighted by Gasteiger charge is 2.25. The number of carbonyl (C=O) groups is 3. The maximum atomic E-state index is 11.8. The van der Waals surface area contributed by atoms with Crippen molar-refractivity contribution in [2.24, 2.45) is 5.92 Å². The van der Waals surface area contributed by atoms with E-state index in [-0.39, 0.29) is 29.2 Å². The van der Waals surface area contributed by atoms with Crippen LogP contribution in [0.5, 0.6) is 0 Å². The number of H-pyrrole nitrogens is 1. The molecule has 8 heteroatoms. The number of carboxylic acids is 1. The van der Waals surface area contributed by atoms with Crippen LogP contribution in [0.3, 0.4) is 0 Å². The number of hydrogen-bond donors (Lipinski definition) is 4. The number of rotatable bonds is 3. The molecule has 1 unspecified atom stereocenters. The summed E-state index contributed by atoms with van der Waals surface area (Å²) in [5.41, 5.74) is -0.0951. The Morgan fingerprint density at radius 1 is 1.50 bits per heavy atom. The molecular weight excluding hydrogens is 240 g/mol. The summed E-state index contributed by atoms with van der Waals surface area (Å²) in [6, 6.07) is 1.24. The fourth-order valence-electron chi connectivity index (χ4n) is 1.68. The van der Waals surface area contributed by atoms with Gasteiger partial charge in [0.15, 0.2) is 5.82 Å². The van der Waals surface area contributed by atoms with Gasteiger partial charge in [-0.25, -0.2) is 4.79 Å². The minimum absolute atomic E-state index is 0.0630. The molecule has 2 heterocycles. The first-order valence-corrected chi connectivity index (χ1v) is 5.42. The largest absolute Gasteiger partial charge is 0.477 e. The lowest BCUT2D eigenvalue weighted by Gasteiger charge is -2.20. The highest BCUT2D eigenvalue weighted by Crippen LogP contribution is 2.14. The Hall–Kier alpha value is -2.38. The zero-order chi connectivity index (χ0) is 13.1. The van der Waals surface area contributed by atoms with Crippen LogP contribution in [0, 0.1) is 5.92 Å². The third-order valence-electron chi connectivity index (χ3n) is 2.70. The van der Waals surface area contributed by atoms with Crippen molar-refractivity contribution in [2.45, 2.75) is 12.8 Å². The standard InChI is InChI=1S/C10H12N4O4/c15-8-2-1-5(4-11-8)9(16)12-7-3-6(10(17)18)13-14-7/h3,5H,1-2,4H2,(H,11,15)(H,17,18)(H2,12,13,14,16). The highest BCUT2D eigenvalue weighted by atomic mass is 16.4. The van der Waals surface area contributed by atoms with Gasteiger partial charge in [0.1, 0.15) is 5.69 Å². The number of piperidine rings is 1. The number of carbonyl (C=O) groups excluding carboxylic acids is 2. The molecule has 0 bridgehead atoms. The van der Waals surface area contributed by atoms with Gasteiger partial charge in [0.25, 0.3) is 0 Å². The van der Waals surface area contributed by atoms with E-state index >= 15 is 0 Å². The fourth-order valence-corrected chi connectivity index (χ4v) is 1.68. The number of aromatic carboxylic acids is 1. The van der Waals surface area contributed by atoms with Gasteiger partial charge in [-0.1, -0.05) is 0 Å². The van der Waals surface area contributed by atoms with Crippen molar-refractivity contribution in [1.82, 2.24) is 15.5 Å². The van der Waals surface area contributed by atoms with Gasteiger partial charge < -0.3 is 15.7 Å². The molecule has 2 rings (SSSR count). The lowest BCUT2D eigenvalue weighted by Crippen LogP contribution is -2.40. The number of carboxylic acid groups (broad SMARTS) is 1. The summed E-state index contributed by atoms with van der Waals surface area (Å²) in [5.74, 6) is -1.64. The van der Waals surface area contributed by atoms with Gasteiger partial charge in [-0.2, -0.15) is 5.10 Å². The Morgan fingerprint density at radius 3 is 2.83 bits per heavy atom. The summed E-state index contributed by atoms with van der Waals surface area (Å²) in [6.07, 6.45) is 0.799. The first kappa shape index (κ1) is 12.1. The molecule has 1 aromatic rings. The van der Waals surface area contributed by atoms with E-state index in [0.717, 1.165) is 0 Å². The lowest BCUT2D eigenvalue weighted by atomic mass is 9.98. The molecular formula is C10H12N4O4. The molecule has 1 fully saturated rings. The van der Waals surface area contributed by atoms with Crippen molar-refractivity contribution in [1.29, 1.82) is 0 Å². The summed E-state index contributed by atoms with van der Waals surface area (Å²) in [7, 11) is 0. The van der Waals surface area contributed by atoms with Crippen molar-refractivity contribution in [3.8, 4) is 0 Å². The molecule has 1 aliphatic rings. The van der Waals surface area contributed by atoms with E-state index in [2.05, 4.69) is 20.8 Å². The number of aromatic nitrogens is 2. The predicted molar refractivity (Wildman–Crippen MR) is 59.9 cm³/mol. The molecule has 1 saturated heterocycles. The van der Waals surface area contributed by atoms with Crippen molar-refractivity contribution in [2.75, 3.05) is 11.9 Å². The molecule has 2 amide bonds. The lowest BCUT2D eigenvalue weighted by molar-refractivity contribution is -0.126. The molecule has 1 aliphatic heterocycles. The normalized spacial score (nSPS) is 19.1. The van der Waals surface area contributed by atoms with Crippen LogP contribution in [-0.4, -0.2) is 39.6 Å². The molecule has 96 valence electrons. The first-order chi connectivity index (χ1) is 8.56. The smallest absolute Gasteiger partial charge is 0.353 e. The Balaban J connectivity index is 1.94. The predicted octanol–water partition coefficient (Wildman–Crippen LogP) is -0.427. The average molecular weight is 252 g/mol. The second kappa shape index (κ2) is 4.86. The number of aromatic amines is 1. The van der Waals surface area contributed by atoms with Gasteiger partial charge in [0, 0.05) is 19.0 Å². The summed E-state index contributed by atoms with van der Waals surface area (Å²) in [5, 5.41) is 19.7. The first-order valence-electron chi connectivity index (χ1n) is 5.42. The van der Waals surface area contributed by atoms with E-state index in [0.29, 0.717) is 19.4 Å². The third-order valence-corrected chi connectivity index (χ3v) is 2.70.